The minimum atomic E-state index is -0.436. The molecule has 6 heteroatoms. The van der Waals surface area contributed by atoms with Gasteiger partial charge in [-0.1, -0.05) is 38.1 Å². The van der Waals surface area contributed by atoms with Gasteiger partial charge in [0.1, 0.15) is 0 Å². The third kappa shape index (κ3) is 4.44. The van der Waals surface area contributed by atoms with Crippen molar-refractivity contribution in [2.24, 2.45) is 11.8 Å². The molecule has 0 radical (unpaired) electrons. The van der Waals surface area contributed by atoms with Gasteiger partial charge in [-0.05, 0) is 65.8 Å². The van der Waals surface area contributed by atoms with Crippen LogP contribution in [0.5, 0.6) is 0 Å². The van der Waals surface area contributed by atoms with Crippen molar-refractivity contribution in [2.45, 2.75) is 33.1 Å². The van der Waals surface area contributed by atoms with E-state index in [4.69, 9.17) is 9.72 Å². The molecule has 2 aliphatic rings. The molecule has 1 aliphatic carbocycles. The largest absolute Gasteiger partial charge is 0.452 e. The molecule has 1 aliphatic heterocycles. The number of hydrogen-bond donors (Lipinski definition) is 0. The van der Waals surface area contributed by atoms with Crippen molar-refractivity contribution in [3.63, 3.8) is 0 Å². The quantitative estimate of drug-likeness (QED) is 0.486. The molecule has 2 atom stereocenters. The molecule has 1 fully saturated rings. The number of amides is 1. The minimum Gasteiger partial charge on any atom is -0.452 e. The molecule has 0 spiro atoms. The highest BCUT2D eigenvalue weighted by atomic mass is 32.1. The molecular formula is C27H28N2O3S. The van der Waals surface area contributed by atoms with Crippen LogP contribution in [0.4, 0.5) is 0 Å². The molecule has 0 saturated carbocycles. The molecule has 3 heterocycles. The third-order valence-corrected chi connectivity index (χ3v) is 7.37. The SMILES string of the molecule is CC1CC(C)CN(C(=O)COC(=O)c2c3c(nc4ccccc24)C(=Cc2cccs2)CC3)C1. The lowest BCUT2D eigenvalue weighted by molar-refractivity contribution is -0.137. The Morgan fingerprint density at radius 1 is 1.12 bits per heavy atom. The number of allylic oxidation sites excluding steroid dienone is 1. The zero-order valence-corrected chi connectivity index (χ0v) is 19.9. The highest BCUT2D eigenvalue weighted by Crippen LogP contribution is 2.38. The second kappa shape index (κ2) is 9.10. The predicted molar refractivity (Wildman–Crippen MR) is 132 cm³/mol. The van der Waals surface area contributed by atoms with E-state index in [0.717, 1.165) is 60.1 Å². The van der Waals surface area contributed by atoms with Gasteiger partial charge in [-0.2, -0.15) is 0 Å². The second-order valence-corrected chi connectivity index (χ2v) is 10.3. The molecule has 0 bridgehead atoms. The van der Waals surface area contributed by atoms with E-state index < -0.39 is 5.97 Å². The number of carbonyl (C=O) groups excluding carboxylic acids is 2. The molecule has 1 saturated heterocycles. The van der Waals surface area contributed by atoms with E-state index in [1.807, 2.05) is 35.2 Å². The van der Waals surface area contributed by atoms with Crippen LogP contribution in [-0.2, 0) is 16.0 Å². The van der Waals surface area contributed by atoms with Gasteiger partial charge in [0.15, 0.2) is 6.61 Å². The number of esters is 1. The second-order valence-electron chi connectivity index (χ2n) is 9.34. The van der Waals surface area contributed by atoms with Crippen LogP contribution in [0.15, 0.2) is 41.8 Å². The molecule has 0 N–H and O–H groups in total. The zero-order chi connectivity index (χ0) is 22.9. The van der Waals surface area contributed by atoms with Crippen LogP contribution in [0.2, 0.25) is 0 Å². The van der Waals surface area contributed by atoms with Gasteiger partial charge in [0.25, 0.3) is 5.91 Å². The maximum absolute atomic E-state index is 13.3. The van der Waals surface area contributed by atoms with Gasteiger partial charge < -0.3 is 9.64 Å². The van der Waals surface area contributed by atoms with Crippen molar-refractivity contribution in [1.82, 2.24) is 9.88 Å². The van der Waals surface area contributed by atoms with Gasteiger partial charge in [-0.25, -0.2) is 9.78 Å². The topological polar surface area (TPSA) is 59.5 Å². The third-order valence-electron chi connectivity index (χ3n) is 6.55. The summed E-state index contributed by atoms with van der Waals surface area (Å²) in [4.78, 5) is 34.0. The summed E-state index contributed by atoms with van der Waals surface area (Å²) in [5.74, 6) is 0.382. The summed E-state index contributed by atoms with van der Waals surface area (Å²) < 4.78 is 5.61. The Bertz CT molecular complexity index is 1220. The zero-order valence-electron chi connectivity index (χ0n) is 19.0. The van der Waals surface area contributed by atoms with Crippen molar-refractivity contribution >= 4 is 45.8 Å². The van der Waals surface area contributed by atoms with E-state index in [1.54, 1.807) is 11.3 Å². The van der Waals surface area contributed by atoms with Gasteiger partial charge in [-0.15, -0.1) is 11.3 Å². The average Bonchev–Trinajstić information content (AvgIpc) is 3.45. The monoisotopic (exact) mass is 460 g/mol. The molecule has 33 heavy (non-hydrogen) atoms. The van der Waals surface area contributed by atoms with Gasteiger partial charge in [0.2, 0.25) is 0 Å². The van der Waals surface area contributed by atoms with Crippen molar-refractivity contribution in [1.29, 1.82) is 0 Å². The number of aromatic nitrogens is 1. The molecule has 3 aromatic rings. The first kappa shape index (κ1) is 21.8. The van der Waals surface area contributed by atoms with Crippen LogP contribution in [0.1, 0.15) is 53.2 Å². The number of nitrogens with zero attached hydrogens (tertiary/aromatic N) is 2. The van der Waals surface area contributed by atoms with E-state index in [9.17, 15) is 9.59 Å². The lowest BCUT2D eigenvalue weighted by Gasteiger charge is -2.34. The normalized spacial score (nSPS) is 21.4. The number of ether oxygens (including phenoxy) is 1. The fraction of sp³-hybridized carbons (Fsp3) is 0.370. The summed E-state index contributed by atoms with van der Waals surface area (Å²) in [6.07, 6.45) is 4.86. The van der Waals surface area contributed by atoms with Crippen LogP contribution < -0.4 is 0 Å². The summed E-state index contributed by atoms with van der Waals surface area (Å²) in [5.41, 5.74) is 4.26. The van der Waals surface area contributed by atoms with E-state index >= 15 is 0 Å². The van der Waals surface area contributed by atoms with E-state index in [1.165, 1.54) is 4.88 Å². The Labute approximate surface area is 198 Å². The number of pyridine rings is 1. The van der Waals surface area contributed by atoms with Crippen molar-refractivity contribution in [3.05, 3.63) is 63.5 Å². The van der Waals surface area contributed by atoms with Crippen molar-refractivity contribution < 1.29 is 14.3 Å². The molecule has 1 aromatic carbocycles. The smallest absolute Gasteiger partial charge is 0.339 e. The number of piperidine rings is 1. The maximum Gasteiger partial charge on any atom is 0.339 e. The number of para-hydroxylation sites is 1. The maximum atomic E-state index is 13.3. The molecule has 2 unspecified atom stereocenters. The van der Waals surface area contributed by atoms with Crippen molar-refractivity contribution in [3.8, 4) is 0 Å². The van der Waals surface area contributed by atoms with Crippen LogP contribution >= 0.6 is 11.3 Å². The van der Waals surface area contributed by atoms with Crippen LogP contribution in [0.25, 0.3) is 22.6 Å². The highest BCUT2D eigenvalue weighted by molar-refractivity contribution is 7.10. The summed E-state index contributed by atoms with van der Waals surface area (Å²) in [5, 5.41) is 2.84. The first-order valence-electron chi connectivity index (χ1n) is 11.6. The van der Waals surface area contributed by atoms with E-state index in [2.05, 4.69) is 31.4 Å². The number of thiophene rings is 1. The Balaban J connectivity index is 1.43. The number of carbonyl (C=O) groups is 2. The lowest BCUT2D eigenvalue weighted by atomic mass is 9.92. The molecule has 2 aromatic heterocycles. The standard InChI is InChI=1S/C27H28N2O3S/c1-17-12-18(2)15-29(14-17)24(30)16-32-27(31)25-21-7-3-4-8-23(21)28-26-19(9-10-22(25)26)13-20-6-5-11-33-20/h3-8,11,13,17-18H,9-10,12,14-16H2,1-2H3. The molecular weight excluding hydrogens is 432 g/mol. The number of rotatable bonds is 4. The van der Waals surface area contributed by atoms with Gasteiger partial charge in [0.05, 0.1) is 16.8 Å². The fourth-order valence-corrected chi connectivity index (χ4v) is 5.90. The lowest BCUT2D eigenvalue weighted by Crippen LogP contribution is -2.44. The van der Waals surface area contributed by atoms with Gasteiger partial charge in [-0.3, -0.25) is 4.79 Å². The average molecular weight is 461 g/mol. The summed E-state index contributed by atoms with van der Waals surface area (Å²) in [6.45, 7) is 5.56. The first-order chi connectivity index (χ1) is 16.0. The summed E-state index contributed by atoms with van der Waals surface area (Å²) in [6, 6.07) is 11.8. The van der Waals surface area contributed by atoms with Gasteiger partial charge in [0, 0.05) is 23.4 Å². The van der Waals surface area contributed by atoms with Crippen LogP contribution in [-0.4, -0.2) is 41.5 Å². The summed E-state index contributed by atoms with van der Waals surface area (Å²) >= 11 is 1.69. The molecule has 170 valence electrons. The summed E-state index contributed by atoms with van der Waals surface area (Å²) in [7, 11) is 0. The van der Waals surface area contributed by atoms with Crippen LogP contribution in [0.3, 0.4) is 0 Å². The fourth-order valence-electron chi connectivity index (χ4n) is 5.21. The number of benzene rings is 1. The Morgan fingerprint density at radius 2 is 1.91 bits per heavy atom. The van der Waals surface area contributed by atoms with Crippen LogP contribution in [0, 0.1) is 11.8 Å². The predicted octanol–water partition coefficient (Wildman–Crippen LogP) is 5.44. The Morgan fingerprint density at radius 3 is 2.67 bits per heavy atom. The van der Waals surface area contributed by atoms with Gasteiger partial charge >= 0.3 is 5.97 Å². The number of likely N-dealkylation sites (tertiary alicyclic amines) is 1. The first-order valence-corrected chi connectivity index (χ1v) is 12.5. The van der Waals surface area contributed by atoms with Crippen molar-refractivity contribution in [2.75, 3.05) is 19.7 Å². The molecule has 1 amide bonds. The molecule has 5 nitrogen and oxygen atoms in total. The van der Waals surface area contributed by atoms with E-state index in [0.29, 0.717) is 17.4 Å². The number of hydrogen-bond acceptors (Lipinski definition) is 5. The highest BCUT2D eigenvalue weighted by Gasteiger charge is 2.29. The molecule has 5 rings (SSSR count). The van der Waals surface area contributed by atoms with E-state index in [-0.39, 0.29) is 12.5 Å². The minimum absolute atomic E-state index is 0.116. The Hall–Kier alpha value is -2.99. The number of fused-ring (bicyclic) bond motifs is 2. The Kier molecular flexibility index (Phi) is 6.02.